The molecule has 2 N–H and O–H groups in total. The summed E-state index contributed by atoms with van der Waals surface area (Å²) in [6.45, 7) is 0.382. The molecule has 1 saturated carbocycles. The van der Waals surface area contributed by atoms with E-state index >= 15 is 0 Å². The number of sulfonamides is 1. The van der Waals surface area contributed by atoms with E-state index in [-0.39, 0.29) is 10.3 Å². The molecule has 166 valence electrons. The second-order valence-corrected chi connectivity index (χ2v) is 11.1. The summed E-state index contributed by atoms with van der Waals surface area (Å²) in [6.07, 6.45) is 7.74. The lowest BCUT2D eigenvalue weighted by Crippen LogP contribution is -2.41. The van der Waals surface area contributed by atoms with Gasteiger partial charge in [-0.05, 0) is 54.8 Å². The fourth-order valence-corrected chi connectivity index (χ4v) is 6.89. The lowest BCUT2D eigenvalue weighted by Gasteiger charge is -2.30. The third kappa shape index (κ3) is 4.93. The normalized spacial score (nSPS) is 17.5. The third-order valence-corrected chi connectivity index (χ3v) is 9.04. The fourth-order valence-electron chi connectivity index (χ4n) is 4.25. The van der Waals surface area contributed by atoms with Gasteiger partial charge in [-0.3, -0.25) is 13.9 Å². The minimum atomic E-state index is -3.66. The lowest BCUT2D eigenvalue weighted by atomic mass is 10.0. The van der Waals surface area contributed by atoms with Crippen LogP contribution in [0.15, 0.2) is 39.9 Å². The van der Waals surface area contributed by atoms with E-state index in [1.807, 2.05) is 6.07 Å². The molecule has 31 heavy (non-hydrogen) atoms. The van der Waals surface area contributed by atoms with E-state index in [0.717, 1.165) is 44.1 Å². The van der Waals surface area contributed by atoms with Crippen LogP contribution in [0.2, 0.25) is 0 Å². The highest BCUT2D eigenvalue weighted by molar-refractivity contribution is 7.94. The molecule has 1 aliphatic heterocycles. The number of hydrogen-bond acceptors (Lipinski definition) is 5. The minimum Gasteiger partial charge on any atom is -0.345 e. The highest BCUT2D eigenvalue weighted by Crippen LogP contribution is 2.35. The van der Waals surface area contributed by atoms with Gasteiger partial charge in [-0.2, -0.15) is 0 Å². The fraction of sp³-hybridized carbons (Fsp3) is 0.455. The molecular formula is C22H27N3O4S2. The standard InChI is InChI=1S/C22H27N3O4S2/c26-21(23-17-8-3-1-2-4-9-17)22(27)24-18-12-11-16-7-5-13-25(19(16)15-18)31(28,29)20-10-6-14-30-20/h6,10-12,14-15,17H,1-5,7-9,13H2,(H,23,26)(H,24,27). The molecule has 0 radical (unpaired) electrons. The molecule has 0 unspecified atom stereocenters. The molecule has 7 nitrogen and oxygen atoms in total. The first-order valence-corrected chi connectivity index (χ1v) is 13.1. The number of aryl methyl sites for hydroxylation is 1. The Morgan fingerprint density at radius 2 is 1.77 bits per heavy atom. The molecular weight excluding hydrogens is 434 g/mol. The van der Waals surface area contributed by atoms with E-state index in [0.29, 0.717) is 17.9 Å². The topological polar surface area (TPSA) is 95.6 Å². The van der Waals surface area contributed by atoms with E-state index in [2.05, 4.69) is 10.6 Å². The van der Waals surface area contributed by atoms with Crippen molar-refractivity contribution in [3.05, 3.63) is 41.3 Å². The largest absolute Gasteiger partial charge is 0.345 e. The maximum atomic E-state index is 13.1. The van der Waals surface area contributed by atoms with Crippen molar-refractivity contribution in [1.82, 2.24) is 5.32 Å². The number of benzene rings is 1. The summed E-state index contributed by atoms with van der Waals surface area (Å²) in [4.78, 5) is 24.8. The molecule has 0 atom stereocenters. The summed E-state index contributed by atoms with van der Waals surface area (Å²) in [7, 11) is -3.66. The first-order chi connectivity index (χ1) is 14.9. The van der Waals surface area contributed by atoms with Gasteiger partial charge in [-0.25, -0.2) is 8.42 Å². The van der Waals surface area contributed by atoms with Gasteiger partial charge < -0.3 is 10.6 Å². The van der Waals surface area contributed by atoms with Crippen LogP contribution < -0.4 is 14.9 Å². The van der Waals surface area contributed by atoms with Crippen molar-refractivity contribution in [3.63, 3.8) is 0 Å². The summed E-state index contributed by atoms with van der Waals surface area (Å²) >= 11 is 1.18. The Labute approximate surface area is 186 Å². The molecule has 2 aromatic rings. The van der Waals surface area contributed by atoms with Crippen LogP contribution in [-0.2, 0) is 26.0 Å². The van der Waals surface area contributed by atoms with Gasteiger partial charge in [-0.15, -0.1) is 11.3 Å². The van der Waals surface area contributed by atoms with Crippen LogP contribution in [0.3, 0.4) is 0 Å². The number of amides is 2. The van der Waals surface area contributed by atoms with Gasteiger partial charge in [0.1, 0.15) is 4.21 Å². The molecule has 1 aromatic heterocycles. The van der Waals surface area contributed by atoms with Crippen LogP contribution in [0, 0.1) is 0 Å². The third-order valence-electron chi connectivity index (χ3n) is 5.86. The van der Waals surface area contributed by atoms with Gasteiger partial charge in [-0.1, -0.05) is 37.8 Å². The zero-order valence-electron chi connectivity index (χ0n) is 17.3. The molecule has 0 spiro atoms. The Hall–Kier alpha value is -2.39. The number of carbonyl (C=O) groups is 2. The molecule has 2 aliphatic rings. The number of hydrogen-bond donors (Lipinski definition) is 2. The molecule has 1 aliphatic carbocycles. The molecule has 1 aromatic carbocycles. The second kappa shape index (κ2) is 9.40. The smallest absolute Gasteiger partial charge is 0.313 e. The number of fused-ring (bicyclic) bond motifs is 1. The van der Waals surface area contributed by atoms with Crippen LogP contribution in [0.1, 0.15) is 50.5 Å². The predicted octanol–water partition coefficient (Wildman–Crippen LogP) is 3.67. The van der Waals surface area contributed by atoms with Gasteiger partial charge in [0.2, 0.25) is 0 Å². The van der Waals surface area contributed by atoms with E-state index in [4.69, 9.17) is 0 Å². The molecule has 1 fully saturated rings. The Balaban J connectivity index is 1.49. The highest BCUT2D eigenvalue weighted by Gasteiger charge is 2.30. The number of rotatable bonds is 4. The first kappa shape index (κ1) is 21.8. The molecule has 2 heterocycles. The molecule has 9 heteroatoms. The van der Waals surface area contributed by atoms with Crippen molar-refractivity contribution in [2.24, 2.45) is 0 Å². The van der Waals surface area contributed by atoms with E-state index in [1.54, 1.807) is 29.6 Å². The lowest BCUT2D eigenvalue weighted by molar-refractivity contribution is -0.136. The summed E-state index contributed by atoms with van der Waals surface area (Å²) in [5, 5.41) is 7.21. The van der Waals surface area contributed by atoms with Crippen molar-refractivity contribution in [2.45, 2.75) is 61.6 Å². The summed E-state index contributed by atoms with van der Waals surface area (Å²) in [5.74, 6) is -1.37. The average Bonchev–Trinajstić information content (AvgIpc) is 3.20. The number of anilines is 2. The van der Waals surface area contributed by atoms with E-state index in [9.17, 15) is 18.0 Å². The number of nitrogens with one attached hydrogen (secondary N) is 2. The Morgan fingerprint density at radius 3 is 2.48 bits per heavy atom. The van der Waals surface area contributed by atoms with Crippen molar-refractivity contribution in [1.29, 1.82) is 0 Å². The minimum absolute atomic E-state index is 0.0377. The second-order valence-electron chi connectivity index (χ2n) is 8.07. The van der Waals surface area contributed by atoms with E-state index in [1.165, 1.54) is 28.5 Å². The van der Waals surface area contributed by atoms with Crippen LogP contribution in [0.5, 0.6) is 0 Å². The van der Waals surface area contributed by atoms with Gasteiger partial charge in [0, 0.05) is 18.3 Å². The monoisotopic (exact) mass is 461 g/mol. The van der Waals surface area contributed by atoms with Crippen LogP contribution in [-0.4, -0.2) is 32.8 Å². The van der Waals surface area contributed by atoms with Gasteiger partial charge >= 0.3 is 11.8 Å². The zero-order valence-corrected chi connectivity index (χ0v) is 18.9. The maximum absolute atomic E-state index is 13.1. The summed E-state index contributed by atoms with van der Waals surface area (Å²) in [5.41, 5.74) is 1.88. The van der Waals surface area contributed by atoms with Crippen molar-refractivity contribution < 1.29 is 18.0 Å². The quantitative estimate of drug-likeness (QED) is 0.536. The molecule has 0 saturated heterocycles. The molecule has 4 rings (SSSR count). The SMILES string of the molecule is O=C(Nc1ccc2c(c1)N(S(=O)(=O)c1cccs1)CCC2)C(=O)NC1CCCCCC1. The van der Waals surface area contributed by atoms with Crippen LogP contribution in [0.4, 0.5) is 11.4 Å². The number of thiophene rings is 1. The summed E-state index contributed by atoms with van der Waals surface area (Å²) < 4.78 is 27.9. The van der Waals surface area contributed by atoms with Gasteiger partial charge in [0.15, 0.2) is 0 Å². The Kier molecular flexibility index (Phi) is 6.62. The maximum Gasteiger partial charge on any atom is 0.313 e. The van der Waals surface area contributed by atoms with Gasteiger partial charge in [0.25, 0.3) is 10.0 Å². The van der Waals surface area contributed by atoms with Crippen molar-refractivity contribution in [2.75, 3.05) is 16.2 Å². The van der Waals surface area contributed by atoms with Crippen molar-refractivity contribution in [3.8, 4) is 0 Å². The molecule has 2 amide bonds. The van der Waals surface area contributed by atoms with E-state index < -0.39 is 21.8 Å². The van der Waals surface area contributed by atoms with Gasteiger partial charge in [0.05, 0.1) is 5.69 Å². The van der Waals surface area contributed by atoms with Crippen LogP contribution >= 0.6 is 11.3 Å². The molecule has 0 bridgehead atoms. The van der Waals surface area contributed by atoms with Crippen LogP contribution in [0.25, 0.3) is 0 Å². The Bertz CT molecular complexity index is 1040. The van der Waals surface area contributed by atoms with Crippen molar-refractivity contribution >= 4 is 44.5 Å². The summed E-state index contributed by atoms with van der Waals surface area (Å²) in [6, 6.07) is 8.54. The Morgan fingerprint density at radius 1 is 1.00 bits per heavy atom. The first-order valence-electron chi connectivity index (χ1n) is 10.8. The predicted molar refractivity (Wildman–Crippen MR) is 122 cm³/mol. The average molecular weight is 462 g/mol. The number of nitrogens with zero attached hydrogens (tertiary/aromatic N) is 1. The highest BCUT2D eigenvalue weighted by atomic mass is 32.2. The zero-order chi connectivity index (χ0) is 21.8. The number of carbonyl (C=O) groups excluding carboxylic acids is 2.